The van der Waals surface area contributed by atoms with Gasteiger partial charge in [-0.05, 0) is 63.2 Å². The van der Waals surface area contributed by atoms with Crippen molar-refractivity contribution in [2.24, 2.45) is 0 Å². The normalized spacial score (nSPS) is 11.8. The molecule has 0 atom stereocenters. The Balaban J connectivity index is 1.03. The van der Waals surface area contributed by atoms with E-state index < -0.39 is 0 Å². The van der Waals surface area contributed by atoms with Crippen molar-refractivity contribution in [3.05, 3.63) is 176 Å². The fourth-order valence-corrected chi connectivity index (χ4v) is 7.94. The zero-order chi connectivity index (χ0) is 34.9. The highest BCUT2D eigenvalue weighted by Gasteiger charge is 2.17. The Labute approximate surface area is 304 Å². The van der Waals surface area contributed by atoms with E-state index in [9.17, 15) is 0 Å². The maximum atomic E-state index is 5.18. The molecule has 6 aromatic carbocycles. The first-order valence-corrected chi connectivity index (χ1v) is 17.8. The summed E-state index contributed by atoms with van der Waals surface area (Å²) in [6.07, 6.45) is 7.96. The summed E-state index contributed by atoms with van der Waals surface area (Å²) in [7, 11) is 0. The van der Waals surface area contributed by atoms with Crippen molar-refractivity contribution in [1.29, 1.82) is 0 Å². The lowest BCUT2D eigenvalue weighted by Crippen LogP contribution is -1.92. The van der Waals surface area contributed by atoms with Gasteiger partial charge in [-0.25, -0.2) is 9.97 Å². The summed E-state index contributed by atoms with van der Waals surface area (Å²) >= 11 is 0. The van der Waals surface area contributed by atoms with Crippen molar-refractivity contribution in [3.8, 4) is 44.8 Å². The molecular weight excluding hydrogens is 647 g/mol. The number of hydrogen-bond acceptors (Lipinski definition) is 4. The van der Waals surface area contributed by atoms with Gasteiger partial charge in [-0.1, -0.05) is 121 Å². The van der Waals surface area contributed by atoms with Crippen molar-refractivity contribution in [3.63, 3.8) is 0 Å². The van der Waals surface area contributed by atoms with E-state index in [2.05, 4.69) is 155 Å². The second-order valence-corrected chi connectivity index (χ2v) is 13.5. The quantitative estimate of drug-likeness (QED) is 0.174. The van der Waals surface area contributed by atoms with Gasteiger partial charge >= 0.3 is 0 Å². The Hall–Kier alpha value is -7.24. The minimum atomic E-state index is 0.904. The highest BCUT2D eigenvalue weighted by atomic mass is 15.0. The highest BCUT2D eigenvalue weighted by Crippen LogP contribution is 2.40. The van der Waals surface area contributed by atoms with Gasteiger partial charge in [0.05, 0.1) is 27.9 Å². The standard InChI is InChI=1S/C48H29N5/c1-2-8-32(9-3-1)43-29-53-27-24-39-41(28-35-10-4-5-12-36(35)44(39)48(53)52-43)31-16-14-30(15-17-31)37-21-22-38(40-13-7-26-50-47(37)40)42-23-20-34-19-18-33-11-6-25-49-45(33)46(34)51-42/h1-29H. The van der Waals surface area contributed by atoms with Crippen LogP contribution in [0, 0.1) is 0 Å². The van der Waals surface area contributed by atoms with Crippen molar-refractivity contribution in [2.45, 2.75) is 0 Å². The van der Waals surface area contributed by atoms with Crippen LogP contribution in [0.2, 0.25) is 0 Å². The van der Waals surface area contributed by atoms with Gasteiger partial charge in [0, 0.05) is 63.0 Å². The average molecular weight is 676 g/mol. The molecule has 5 heteroatoms. The van der Waals surface area contributed by atoms with Crippen molar-refractivity contribution < 1.29 is 0 Å². The molecule has 5 nitrogen and oxygen atoms in total. The zero-order valence-electron chi connectivity index (χ0n) is 28.5. The number of fused-ring (bicyclic) bond motifs is 9. The van der Waals surface area contributed by atoms with Crippen LogP contribution in [0.15, 0.2) is 176 Å². The summed E-state index contributed by atoms with van der Waals surface area (Å²) in [6.45, 7) is 0. The van der Waals surface area contributed by atoms with E-state index >= 15 is 0 Å². The van der Waals surface area contributed by atoms with Gasteiger partial charge in [0.15, 0.2) is 0 Å². The van der Waals surface area contributed by atoms with Crippen LogP contribution in [-0.2, 0) is 0 Å². The SMILES string of the molecule is c1ccc(-c2cn3ccc4c(-c5ccc(-c6ccc(-c7ccc8ccc9cccnc9c8n7)c7cccnc67)cc5)cc5ccccc5c4c3n2)cc1. The van der Waals surface area contributed by atoms with Crippen LogP contribution < -0.4 is 0 Å². The fourth-order valence-electron chi connectivity index (χ4n) is 7.94. The minimum Gasteiger partial charge on any atom is -0.306 e. The molecular formula is C48H29N5. The van der Waals surface area contributed by atoms with Crippen LogP contribution >= 0.6 is 0 Å². The van der Waals surface area contributed by atoms with Crippen LogP contribution in [-0.4, -0.2) is 24.3 Å². The summed E-state index contributed by atoms with van der Waals surface area (Å²) in [5.74, 6) is 0. The smallest absolute Gasteiger partial charge is 0.145 e. The molecule has 0 N–H and O–H groups in total. The second-order valence-electron chi connectivity index (χ2n) is 13.5. The van der Waals surface area contributed by atoms with Gasteiger partial charge in [0.25, 0.3) is 0 Å². The summed E-state index contributed by atoms with van der Waals surface area (Å²) in [6, 6.07) is 53.4. The third-order valence-corrected chi connectivity index (χ3v) is 10.5. The minimum absolute atomic E-state index is 0.904. The van der Waals surface area contributed by atoms with E-state index in [1.54, 1.807) is 0 Å². The van der Waals surface area contributed by atoms with Crippen LogP contribution in [0.3, 0.4) is 0 Å². The number of imidazole rings is 1. The molecule has 0 spiro atoms. The first-order valence-electron chi connectivity index (χ1n) is 17.8. The number of benzene rings is 6. The Morgan fingerprint density at radius 2 is 1.08 bits per heavy atom. The Bertz CT molecular complexity index is 3220. The molecule has 0 fully saturated rings. The second kappa shape index (κ2) is 11.7. The fraction of sp³-hybridized carbons (Fsp3) is 0. The first-order chi connectivity index (χ1) is 26.3. The molecule has 0 radical (unpaired) electrons. The van der Waals surface area contributed by atoms with Gasteiger partial charge in [0.2, 0.25) is 0 Å². The summed E-state index contributed by atoms with van der Waals surface area (Å²) in [4.78, 5) is 19.9. The molecule has 53 heavy (non-hydrogen) atoms. The van der Waals surface area contributed by atoms with Gasteiger partial charge in [-0.2, -0.15) is 0 Å². The molecule has 0 unspecified atom stereocenters. The van der Waals surface area contributed by atoms with E-state index in [0.29, 0.717) is 0 Å². The maximum Gasteiger partial charge on any atom is 0.145 e. The van der Waals surface area contributed by atoms with Crippen LogP contribution in [0.25, 0.3) is 105 Å². The summed E-state index contributed by atoms with van der Waals surface area (Å²) in [5, 5.41) is 7.94. The van der Waals surface area contributed by atoms with E-state index in [1.165, 1.54) is 21.7 Å². The molecule has 11 rings (SSSR count). The predicted molar refractivity (Wildman–Crippen MR) is 218 cm³/mol. The van der Waals surface area contributed by atoms with E-state index in [-0.39, 0.29) is 0 Å². The number of hydrogen-bond donors (Lipinski definition) is 0. The third kappa shape index (κ3) is 4.71. The van der Waals surface area contributed by atoms with Gasteiger partial charge < -0.3 is 4.40 Å². The Morgan fingerprint density at radius 3 is 1.94 bits per heavy atom. The van der Waals surface area contributed by atoms with E-state index in [0.717, 1.165) is 82.9 Å². The Kier molecular flexibility index (Phi) is 6.48. The maximum absolute atomic E-state index is 5.18. The molecule has 0 aliphatic rings. The third-order valence-electron chi connectivity index (χ3n) is 10.5. The molecule has 0 saturated heterocycles. The molecule has 0 aliphatic heterocycles. The lowest BCUT2D eigenvalue weighted by molar-refractivity contribution is 1.20. The number of nitrogens with zero attached hydrogens (tertiary/aromatic N) is 5. The monoisotopic (exact) mass is 675 g/mol. The largest absolute Gasteiger partial charge is 0.306 e. The summed E-state index contributed by atoms with van der Waals surface area (Å²) < 4.78 is 2.15. The lowest BCUT2D eigenvalue weighted by Gasteiger charge is -2.14. The summed E-state index contributed by atoms with van der Waals surface area (Å²) in [5.41, 5.74) is 12.3. The van der Waals surface area contributed by atoms with Crippen LogP contribution in [0.4, 0.5) is 0 Å². The first kappa shape index (κ1) is 29.5. The molecule has 11 aromatic rings. The Morgan fingerprint density at radius 1 is 0.396 bits per heavy atom. The zero-order valence-corrected chi connectivity index (χ0v) is 28.5. The topological polar surface area (TPSA) is 56.0 Å². The molecule has 0 aliphatic carbocycles. The number of pyridine rings is 4. The van der Waals surface area contributed by atoms with E-state index in [1.807, 2.05) is 30.6 Å². The molecule has 0 saturated carbocycles. The van der Waals surface area contributed by atoms with Gasteiger partial charge in [-0.15, -0.1) is 0 Å². The molecule has 0 bridgehead atoms. The lowest BCUT2D eigenvalue weighted by atomic mass is 9.92. The van der Waals surface area contributed by atoms with Crippen molar-refractivity contribution >= 4 is 59.9 Å². The van der Waals surface area contributed by atoms with Crippen molar-refractivity contribution in [1.82, 2.24) is 24.3 Å². The molecule has 5 heterocycles. The van der Waals surface area contributed by atoms with Crippen LogP contribution in [0.1, 0.15) is 0 Å². The molecule has 0 amide bonds. The number of aromatic nitrogens is 5. The molecule has 246 valence electrons. The van der Waals surface area contributed by atoms with Crippen molar-refractivity contribution in [2.75, 3.05) is 0 Å². The molecule has 5 aromatic heterocycles. The number of rotatable bonds is 4. The highest BCUT2D eigenvalue weighted by molar-refractivity contribution is 6.19. The predicted octanol–water partition coefficient (Wildman–Crippen LogP) is 12.0. The van der Waals surface area contributed by atoms with E-state index in [4.69, 9.17) is 15.0 Å². The van der Waals surface area contributed by atoms with Gasteiger partial charge in [0.1, 0.15) is 5.65 Å². The van der Waals surface area contributed by atoms with Crippen LogP contribution in [0.5, 0.6) is 0 Å². The average Bonchev–Trinajstić information content (AvgIpc) is 3.68. The van der Waals surface area contributed by atoms with Gasteiger partial charge in [-0.3, -0.25) is 9.97 Å².